The molecule has 3 rings (SSSR count). The molecule has 25 heavy (non-hydrogen) atoms. The summed E-state index contributed by atoms with van der Waals surface area (Å²) in [6.45, 7) is 1.58. The highest BCUT2D eigenvalue weighted by atomic mass is 35.5. The van der Waals surface area contributed by atoms with Crippen LogP contribution in [-0.4, -0.2) is 5.11 Å². The lowest BCUT2D eigenvalue weighted by molar-refractivity contribution is 0.407. The van der Waals surface area contributed by atoms with E-state index in [2.05, 4.69) is 0 Å². The zero-order valence-corrected chi connectivity index (χ0v) is 14.5. The van der Waals surface area contributed by atoms with E-state index >= 15 is 0 Å². The highest BCUT2D eigenvalue weighted by Gasteiger charge is 2.19. The molecule has 3 N–H and O–H groups in total. The van der Waals surface area contributed by atoms with E-state index < -0.39 is 11.6 Å². The second-order valence-corrected chi connectivity index (χ2v) is 6.57. The van der Waals surface area contributed by atoms with Gasteiger partial charge in [-0.1, -0.05) is 11.6 Å². The van der Waals surface area contributed by atoms with E-state index in [1.54, 1.807) is 13.0 Å². The molecule has 0 spiro atoms. The van der Waals surface area contributed by atoms with Crippen LogP contribution in [0, 0.1) is 18.6 Å². The summed E-state index contributed by atoms with van der Waals surface area (Å²) < 4.78 is 28.2. The number of nitrogen functional groups attached to an aromatic ring is 1. The van der Waals surface area contributed by atoms with Crippen molar-refractivity contribution in [3.05, 3.63) is 81.1 Å². The van der Waals surface area contributed by atoms with Gasteiger partial charge in [0.05, 0.1) is 0 Å². The topological polar surface area (TPSA) is 46.2 Å². The maximum absolute atomic E-state index is 14.8. The number of hydrogen-bond acceptors (Lipinski definition) is 2. The zero-order valence-electron chi connectivity index (χ0n) is 13.7. The minimum absolute atomic E-state index is 0.108. The first-order chi connectivity index (χ1) is 11.9. The number of benzene rings is 2. The Balaban J connectivity index is 2.23. The summed E-state index contributed by atoms with van der Waals surface area (Å²) in [5, 5.41) is 10.7. The third kappa shape index (κ3) is 3.40. The molecule has 0 amide bonds. The Morgan fingerprint density at radius 2 is 1.84 bits per heavy atom. The molecule has 1 saturated carbocycles. The molecule has 1 aliphatic rings. The van der Waals surface area contributed by atoms with Crippen molar-refractivity contribution in [3.8, 4) is 0 Å². The van der Waals surface area contributed by atoms with Gasteiger partial charge < -0.3 is 10.8 Å². The normalized spacial score (nSPS) is 14.4. The molecule has 2 aromatic carbocycles. The average molecular weight is 362 g/mol. The lowest BCUT2D eigenvalue weighted by atomic mass is 9.88. The summed E-state index contributed by atoms with van der Waals surface area (Å²) in [6.07, 6.45) is 4.16. The van der Waals surface area contributed by atoms with Gasteiger partial charge in [-0.15, -0.1) is 0 Å². The number of aliphatic hydroxyl groups is 1. The smallest absolute Gasteiger partial charge is 0.135 e. The summed E-state index contributed by atoms with van der Waals surface area (Å²) >= 11 is 5.98. The van der Waals surface area contributed by atoms with Crippen LogP contribution in [0.25, 0.3) is 5.57 Å². The Morgan fingerprint density at radius 1 is 1.16 bits per heavy atom. The zero-order chi connectivity index (χ0) is 18.1. The molecule has 0 saturated heterocycles. The largest absolute Gasteiger partial charge is 0.508 e. The third-order valence-corrected chi connectivity index (χ3v) is 4.92. The third-order valence-electron chi connectivity index (χ3n) is 4.51. The van der Waals surface area contributed by atoms with Crippen molar-refractivity contribution in [2.75, 3.05) is 5.73 Å². The van der Waals surface area contributed by atoms with Crippen LogP contribution < -0.4 is 5.73 Å². The van der Waals surface area contributed by atoms with Crippen molar-refractivity contribution in [2.45, 2.75) is 26.2 Å². The molecule has 0 bridgehead atoms. The van der Waals surface area contributed by atoms with Crippen molar-refractivity contribution in [2.24, 2.45) is 0 Å². The van der Waals surface area contributed by atoms with Gasteiger partial charge in [0.1, 0.15) is 17.4 Å². The number of halogens is 3. The molecule has 1 aliphatic carbocycles. The van der Waals surface area contributed by atoms with Crippen molar-refractivity contribution in [1.82, 2.24) is 0 Å². The molecular weight excluding hydrogens is 344 g/mol. The van der Waals surface area contributed by atoms with E-state index in [0.29, 0.717) is 21.7 Å². The quantitative estimate of drug-likeness (QED) is 0.525. The molecular formula is C20H18ClF2NO. The van der Waals surface area contributed by atoms with Gasteiger partial charge in [-0.05, 0) is 73.7 Å². The molecule has 0 aliphatic heterocycles. The first-order valence-corrected chi connectivity index (χ1v) is 8.39. The van der Waals surface area contributed by atoms with E-state index in [1.807, 2.05) is 0 Å². The molecule has 2 aromatic rings. The van der Waals surface area contributed by atoms with Gasteiger partial charge in [0.15, 0.2) is 0 Å². The summed E-state index contributed by atoms with van der Waals surface area (Å²) in [5.41, 5.74) is 8.45. The Hall–Kier alpha value is -2.33. The van der Waals surface area contributed by atoms with Crippen molar-refractivity contribution in [1.29, 1.82) is 0 Å². The molecule has 5 heteroatoms. The van der Waals surface area contributed by atoms with E-state index in [4.69, 9.17) is 17.3 Å². The number of allylic oxidation sites excluding steroid dienone is 2. The van der Waals surface area contributed by atoms with Gasteiger partial charge >= 0.3 is 0 Å². The first-order valence-electron chi connectivity index (χ1n) is 8.01. The SMILES string of the molecule is Cc1c(Cl)ccc(/C(=C\C(O)=C2CCC2)c2ccc(F)cc2N)c1F. The van der Waals surface area contributed by atoms with E-state index in [0.717, 1.165) is 24.8 Å². The lowest BCUT2D eigenvalue weighted by Gasteiger charge is -2.19. The number of nitrogens with two attached hydrogens (primary N) is 1. The van der Waals surface area contributed by atoms with Gasteiger partial charge in [-0.3, -0.25) is 0 Å². The van der Waals surface area contributed by atoms with Crippen LogP contribution in [0.3, 0.4) is 0 Å². The maximum Gasteiger partial charge on any atom is 0.135 e. The number of hydrogen-bond donors (Lipinski definition) is 2. The Morgan fingerprint density at radius 3 is 2.44 bits per heavy atom. The van der Waals surface area contributed by atoms with E-state index in [1.165, 1.54) is 30.3 Å². The highest BCUT2D eigenvalue weighted by molar-refractivity contribution is 6.31. The van der Waals surface area contributed by atoms with Crippen LogP contribution >= 0.6 is 11.6 Å². The van der Waals surface area contributed by atoms with Gasteiger partial charge in [0.25, 0.3) is 0 Å². The van der Waals surface area contributed by atoms with Crippen molar-refractivity contribution in [3.63, 3.8) is 0 Å². The molecule has 0 unspecified atom stereocenters. The lowest BCUT2D eigenvalue weighted by Crippen LogP contribution is -2.03. The van der Waals surface area contributed by atoms with Crippen LogP contribution in [0.4, 0.5) is 14.5 Å². The Kier molecular flexibility index (Phi) is 4.82. The molecule has 0 aromatic heterocycles. The predicted molar refractivity (Wildman–Crippen MR) is 97.5 cm³/mol. The van der Waals surface area contributed by atoms with Gasteiger partial charge in [0, 0.05) is 27.4 Å². The molecule has 2 nitrogen and oxygen atoms in total. The Bertz CT molecular complexity index is 897. The predicted octanol–water partition coefficient (Wildman–Crippen LogP) is 5.94. The fraction of sp³-hybridized carbons (Fsp3) is 0.200. The van der Waals surface area contributed by atoms with Crippen LogP contribution in [0.1, 0.15) is 36.0 Å². The molecule has 1 fully saturated rings. The van der Waals surface area contributed by atoms with Gasteiger partial charge in [-0.2, -0.15) is 0 Å². The minimum Gasteiger partial charge on any atom is -0.508 e. The van der Waals surface area contributed by atoms with Crippen LogP contribution in [0.2, 0.25) is 5.02 Å². The highest BCUT2D eigenvalue weighted by Crippen LogP contribution is 2.36. The summed E-state index contributed by atoms with van der Waals surface area (Å²) in [6, 6.07) is 7.05. The Labute approximate surface area is 150 Å². The van der Waals surface area contributed by atoms with Gasteiger partial charge in [0.2, 0.25) is 0 Å². The van der Waals surface area contributed by atoms with Gasteiger partial charge in [-0.25, -0.2) is 8.78 Å². The van der Waals surface area contributed by atoms with Crippen molar-refractivity contribution < 1.29 is 13.9 Å². The number of aliphatic hydroxyl groups excluding tert-OH is 1. The molecule has 0 heterocycles. The van der Waals surface area contributed by atoms with Crippen LogP contribution in [0.15, 0.2) is 47.7 Å². The second-order valence-electron chi connectivity index (χ2n) is 6.17. The first kappa shape index (κ1) is 17.5. The second kappa shape index (κ2) is 6.89. The molecule has 0 atom stereocenters. The summed E-state index contributed by atoms with van der Waals surface area (Å²) in [4.78, 5) is 0. The molecule has 0 radical (unpaired) electrons. The fourth-order valence-electron chi connectivity index (χ4n) is 2.80. The van der Waals surface area contributed by atoms with E-state index in [9.17, 15) is 13.9 Å². The fourth-order valence-corrected chi connectivity index (χ4v) is 2.94. The standard InChI is InChI=1S/C20H18ClF2NO/c1-11-17(21)8-7-15(20(11)23)16(10-19(25)12-3-2-4-12)14-6-5-13(22)9-18(14)24/h5-10,25H,2-4,24H2,1H3/b16-10-. The van der Waals surface area contributed by atoms with Crippen molar-refractivity contribution >= 4 is 22.9 Å². The monoisotopic (exact) mass is 361 g/mol. The average Bonchev–Trinajstić information content (AvgIpc) is 2.50. The van der Waals surface area contributed by atoms with Crippen LogP contribution in [0.5, 0.6) is 0 Å². The minimum atomic E-state index is -0.492. The maximum atomic E-state index is 14.8. The number of anilines is 1. The van der Waals surface area contributed by atoms with Crippen LogP contribution in [-0.2, 0) is 0 Å². The summed E-state index contributed by atoms with van der Waals surface area (Å²) in [7, 11) is 0. The molecule has 130 valence electrons. The summed E-state index contributed by atoms with van der Waals surface area (Å²) in [5.74, 6) is -0.860. The van der Waals surface area contributed by atoms with E-state index in [-0.39, 0.29) is 17.0 Å². The number of rotatable bonds is 3.